The van der Waals surface area contributed by atoms with Crippen LogP contribution in [0, 0.1) is 10.1 Å². The second-order valence-corrected chi connectivity index (χ2v) is 6.86. The second-order valence-electron chi connectivity index (χ2n) is 4.61. The molecule has 3 aromatic rings. The summed E-state index contributed by atoms with van der Waals surface area (Å²) < 4.78 is 4.69. The molecule has 3 rings (SSSR count). The molecule has 0 spiro atoms. The average Bonchev–Trinajstić information content (AvgIpc) is 2.82. The monoisotopic (exact) mass is 317 g/mol. The lowest BCUT2D eigenvalue weighted by Crippen LogP contribution is -2.28. The van der Waals surface area contributed by atoms with Crippen molar-refractivity contribution in [2.24, 2.45) is 7.05 Å². The smallest absolute Gasteiger partial charge is 0.258 e. The van der Waals surface area contributed by atoms with Crippen molar-refractivity contribution in [3.63, 3.8) is 0 Å². The highest BCUT2D eigenvalue weighted by molar-refractivity contribution is 8.00. The first-order valence-corrected chi connectivity index (χ1v) is 8.19. The Morgan fingerprint density at radius 2 is 1.90 bits per heavy atom. The molecule has 0 atom stereocenters. The molecule has 0 saturated heterocycles. The van der Waals surface area contributed by atoms with Crippen LogP contribution in [0.4, 0.5) is 5.69 Å². The fourth-order valence-electron chi connectivity index (χ4n) is 2.07. The van der Waals surface area contributed by atoms with E-state index in [1.807, 2.05) is 24.3 Å². The van der Waals surface area contributed by atoms with Gasteiger partial charge in [-0.3, -0.25) is 10.1 Å². The largest absolute Gasteiger partial charge is 0.298 e. The van der Waals surface area contributed by atoms with Crippen molar-refractivity contribution in [3.05, 3.63) is 64.2 Å². The third-order valence-corrected chi connectivity index (χ3v) is 5.82. The second kappa shape index (κ2) is 5.83. The Kier molecular flexibility index (Phi) is 3.90. The highest BCUT2D eigenvalue weighted by Crippen LogP contribution is 2.29. The maximum atomic E-state index is 10.6. The number of nitro groups is 1. The molecule has 0 aliphatic heterocycles. The molecule has 0 amide bonds. The Balaban J connectivity index is 1.77. The molecule has 21 heavy (non-hydrogen) atoms. The van der Waals surface area contributed by atoms with Gasteiger partial charge in [0.2, 0.25) is 5.52 Å². The molecule has 0 saturated carbocycles. The molecular formula is C15H13N2O2S2+. The average molecular weight is 317 g/mol. The van der Waals surface area contributed by atoms with E-state index < -0.39 is 0 Å². The van der Waals surface area contributed by atoms with Crippen molar-refractivity contribution in [1.82, 2.24) is 0 Å². The minimum Gasteiger partial charge on any atom is -0.258 e. The summed E-state index contributed by atoms with van der Waals surface area (Å²) in [6.07, 6.45) is 0. The SMILES string of the molecule is C[n+]1c(SCc2ccc([N+](=O)[O-])cc2)sc2ccccc21. The van der Waals surface area contributed by atoms with E-state index >= 15 is 0 Å². The third kappa shape index (κ3) is 2.91. The van der Waals surface area contributed by atoms with Gasteiger partial charge in [0.25, 0.3) is 10.0 Å². The van der Waals surface area contributed by atoms with E-state index in [9.17, 15) is 10.1 Å². The number of hydrogen-bond donors (Lipinski definition) is 0. The summed E-state index contributed by atoms with van der Waals surface area (Å²) in [6, 6.07) is 15.1. The molecule has 0 aliphatic carbocycles. The summed E-state index contributed by atoms with van der Waals surface area (Å²) in [6.45, 7) is 0. The standard InChI is InChI=1S/C15H13N2O2S2/c1-16-13-4-2-3-5-14(13)21-15(16)20-10-11-6-8-12(9-7-11)17(18)19/h2-9H,10H2,1H3/q+1. The molecule has 0 radical (unpaired) electrons. The first kappa shape index (κ1) is 14.0. The number of thioether (sulfide) groups is 1. The van der Waals surface area contributed by atoms with Gasteiger partial charge in [0, 0.05) is 24.0 Å². The summed E-state index contributed by atoms with van der Waals surface area (Å²) in [5, 5.41) is 10.6. The third-order valence-electron chi connectivity index (χ3n) is 3.21. The zero-order valence-corrected chi connectivity index (χ0v) is 13.0. The van der Waals surface area contributed by atoms with Crippen molar-refractivity contribution in [3.8, 4) is 0 Å². The van der Waals surface area contributed by atoms with Crippen molar-refractivity contribution in [2.45, 2.75) is 10.1 Å². The van der Waals surface area contributed by atoms with Gasteiger partial charge in [0.1, 0.15) is 11.7 Å². The molecule has 0 bridgehead atoms. The van der Waals surface area contributed by atoms with Gasteiger partial charge >= 0.3 is 0 Å². The topological polar surface area (TPSA) is 47.0 Å². The van der Waals surface area contributed by atoms with Gasteiger partial charge in [0.05, 0.1) is 4.92 Å². The van der Waals surface area contributed by atoms with Crippen molar-refractivity contribution in [2.75, 3.05) is 0 Å². The fourth-order valence-corrected chi connectivity index (χ4v) is 4.40. The van der Waals surface area contributed by atoms with Crippen LogP contribution in [-0.2, 0) is 12.8 Å². The summed E-state index contributed by atoms with van der Waals surface area (Å²) in [7, 11) is 2.07. The summed E-state index contributed by atoms with van der Waals surface area (Å²) >= 11 is 3.52. The van der Waals surface area contributed by atoms with Crippen LogP contribution in [0.2, 0.25) is 0 Å². The fraction of sp³-hybridized carbons (Fsp3) is 0.133. The minimum absolute atomic E-state index is 0.135. The minimum atomic E-state index is -0.372. The molecule has 0 fully saturated rings. The van der Waals surface area contributed by atoms with E-state index in [0.717, 1.165) is 11.3 Å². The van der Waals surface area contributed by atoms with Gasteiger partial charge in [-0.1, -0.05) is 35.6 Å². The number of aryl methyl sites for hydroxylation is 1. The van der Waals surface area contributed by atoms with Crippen molar-refractivity contribution < 1.29 is 9.49 Å². The maximum absolute atomic E-state index is 10.6. The van der Waals surface area contributed by atoms with Gasteiger partial charge in [0.15, 0.2) is 0 Å². The number of para-hydroxylation sites is 1. The molecule has 0 N–H and O–H groups in total. The number of hydrogen-bond acceptors (Lipinski definition) is 4. The van der Waals surface area contributed by atoms with Gasteiger partial charge in [-0.25, -0.2) is 0 Å². The zero-order chi connectivity index (χ0) is 14.8. The van der Waals surface area contributed by atoms with Crippen LogP contribution < -0.4 is 4.57 Å². The lowest BCUT2D eigenvalue weighted by atomic mass is 10.2. The molecular weight excluding hydrogens is 304 g/mol. The van der Waals surface area contributed by atoms with Crippen molar-refractivity contribution >= 4 is 39.0 Å². The summed E-state index contributed by atoms with van der Waals surface area (Å²) in [5.41, 5.74) is 2.45. The number of nitro benzene ring substituents is 1. The van der Waals surface area contributed by atoms with E-state index in [1.165, 1.54) is 14.6 Å². The molecule has 2 aromatic carbocycles. The highest BCUT2D eigenvalue weighted by atomic mass is 32.2. The van der Waals surface area contributed by atoms with E-state index in [4.69, 9.17) is 0 Å². The number of rotatable bonds is 4. The Hall–Kier alpha value is -1.92. The van der Waals surface area contributed by atoms with Crippen LogP contribution >= 0.6 is 23.1 Å². The Bertz CT molecular complexity index is 797. The quantitative estimate of drug-likeness (QED) is 0.317. The number of benzene rings is 2. The van der Waals surface area contributed by atoms with Crippen LogP contribution in [0.25, 0.3) is 10.2 Å². The maximum Gasteiger partial charge on any atom is 0.298 e. The molecule has 1 aromatic heterocycles. The molecule has 0 unspecified atom stereocenters. The first-order chi connectivity index (χ1) is 10.1. The predicted octanol–water partition coefficient (Wildman–Crippen LogP) is 3.93. The van der Waals surface area contributed by atoms with Gasteiger partial charge in [-0.05, 0) is 23.4 Å². The molecule has 4 nitrogen and oxygen atoms in total. The van der Waals surface area contributed by atoms with Crippen LogP contribution in [0.5, 0.6) is 0 Å². The summed E-state index contributed by atoms with van der Waals surface area (Å²) in [4.78, 5) is 10.3. The Morgan fingerprint density at radius 1 is 1.19 bits per heavy atom. The number of fused-ring (bicyclic) bond motifs is 1. The van der Waals surface area contributed by atoms with Crippen LogP contribution in [0.15, 0.2) is 52.9 Å². The summed E-state index contributed by atoms with van der Waals surface area (Å²) in [5.74, 6) is 0.804. The lowest BCUT2D eigenvalue weighted by Gasteiger charge is -1.98. The van der Waals surface area contributed by atoms with Crippen LogP contribution in [0.3, 0.4) is 0 Å². The molecule has 106 valence electrons. The molecule has 1 heterocycles. The van der Waals surface area contributed by atoms with Gasteiger partial charge < -0.3 is 0 Å². The van der Waals surface area contributed by atoms with E-state index in [-0.39, 0.29) is 10.6 Å². The Morgan fingerprint density at radius 3 is 2.57 bits per heavy atom. The van der Waals surface area contributed by atoms with Crippen molar-refractivity contribution in [1.29, 1.82) is 0 Å². The first-order valence-electron chi connectivity index (χ1n) is 6.39. The number of thiazole rings is 1. The van der Waals surface area contributed by atoms with Gasteiger partial charge in [-0.2, -0.15) is 4.57 Å². The lowest BCUT2D eigenvalue weighted by molar-refractivity contribution is -0.676. The Labute approximate surface area is 130 Å². The molecule has 6 heteroatoms. The predicted molar refractivity (Wildman–Crippen MR) is 85.7 cm³/mol. The highest BCUT2D eigenvalue weighted by Gasteiger charge is 2.16. The van der Waals surface area contributed by atoms with E-state index in [2.05, 4.69) is 23.7 Å². The van der Waals surface area contributed by atoms with Gasteiger partial charge in [-0.15, -0.1) is 0 Å². The number of nitrogens with zero attached hydrogens (tertiary/aromatic N) is 2. The van der Waals surface area contributed by atoms with Crippen LogP contribution in [-0.4, -0.2) is 4.92 Å². The number of aromatic nitrogens is 1. The molecule has 0 aliphatic rings. The zero-order valence-electron chi connectivity index (χ0n) is 11.4. The van der Waals surface area contributed by atoms with E-state index in [1.54, 1.807) is 35.2 Å². The van der Waals surface area contributed by atoms with Crippen LogP contribution in [0.1, 0.15) is 5.56 Å². The normalized spacial score (nSPS) is 10.9. The number of non-ortho nitro benzene ring substituents is 1. The van der Waals surface area contributed by atoms with E-state index in [0.29, 0.717) is 0 Å².